The molecule has 1 spiro atoms. The second-order valence-electron chi connectivity index (χ2n) is 10.9. The number of aromatic nitrogens is 4. The third-order valence-electron chi connectivity index (χ3n) is 8.03. The van der Waals surface area contributed by atoms with E-state index < -0.39 is 0 Å². The Bertz CT molecular complexity index is 1450. The van der Waals surface area contributed by atoms with Crippen LogP contribution >= 0.6 is 11.8 Å². The van der Waals surface area contributed by atoms with Crippen molar-refractivity contribution in [2.75, 3.05) is 5.75 Å². The van der Waals surface area contributed by atoms with Crippen LogP contribution < -0.4 is 5.56 Å². The molecule has 4 aromatic rings. The summed E-state index contributed by atoms with van der Waals surface area (Å²) < 4.78 is 4.11. The van der Waals surface area contributed by atoms with E-state index >= 15 is 0 Å². The first-order valence-electron chi connectivity index (χ1n) is 13.3. The first kappa shape index (κ1) is 23.5. The molecule has 6 rings (SSSR count). The van der Waals surface area contributed by atoms with E-state index in [1.54, 1.807) is 11.8 Å². The van der Waals surface area contributed by atoms with E-state index in [2.05, 4.69) is 64.8 Å². The van der Waals surface area contributed by atoms with Gasteiger partial charge < -0.3 is 0 Å². The van der Waals surface area contributed by atoms with Gasteiger partial charge in [0.05, 0.1) is 12.2 Å². The van der Waals surface area contributed by atoms with Crippen LogP contribution in [0.5, 0.6) is 0 Å². The van der Waals surface area contributed by atoms with E-state index in [1.165, 1.54) is 30.4 Å². The minimum absolute atomic E-state index is 0.115. The van der Waals surface area contributed by atoms with Gasteiger partial charge >= 0.3 is 0 Å². The maximum Gasteiger partial charge on any atom is 0.259 e. The van der Waals surface area contributed by atoms with Crippen LogP contribution in [0.25, 0.3) is 17.0 Å². The Hall–Kier alpha value is -2.86. The van der Waals surface area contributed by atoms with Gasteiger partial charge in [-0.05, 0) is 42.7 Å². The van der Waals surface area contributed by atoms with E-state index in [0.29, 0.717) is 18.2 Å². The number of benzene rings is 2. The van der Waals surface area contributed by atoms with Crippen LogP contribution in [0.2, 0.25) is 0 Å². The first-order chi connectivity index (χ1) is 17.6. The van der Waals surface area contributed by atoms with Crippen molar-refractivity contribution in [1.82, 2.24) is 19.2 Å². The van der Waals surface area contributed by atoms with E-state index in [9.17, 15) is 4.79 Å². The first-order valence-corrected chi connectivity index (χ1v) is 14.3. The summed E-state index contributed by atoms with van der Waals surface area (Å²) in [7, 11) is 0. The molecule has 0 bridgehead atoms. The topological polar surface area (TPSA) is 52.2 Å². The molecule has 186 valence electrons. The summed E-state index contributed by atoms with van der Waals surface area (Å²) in [5.74, 6) is 2.27. The van der Waals surface area contributed by atoms with Crippen molar-refractivity contribution in [2.24, 2.45) is 5.92 Å². The lowest BCUT2D eigenvalue weighted by Crippen LogP contribution is -2.43. The van der Waals surface area contributed by atoms with Gasteiger partial charge in [0.2, 0.25) is 5.78 Å². The lowest BCUT2D eigenvalue weighted by atomic mass is 9.62. The SMILES string of the molecule is CC(C)CCSc1nnc2n(Cc3ccccc3)c(=O)c3c(n12)-c1ccccc1CC31CCCCC1. The molecule has 2 aliphatic rings. The van der Waals surface area contributed by atoms with E-state index in [4.69, 9.17) is 0 Å². The molecule has 0 aliphatic heterocycles. The Kier molecular flexibility index (Phi) is 6.24. The van der Waals surface area contributed by atoms with Crippen molar-refractivity contribution in [1.29, 1.82) is 0 Å². The number of rotatable bonds is 6. The highest BCUT2D eigenvalue weighted by molar-refractivity contribution is 7.99. The molecule has 0 saturated heterocycles. The largest absolute Gasteiger partial charge is 0.272 e. The molecule has 36 heavy (non-hydrogen) atoms. The van der Waals surface area contributed by atoms with Gasteiger partial charge in [0.25, 0.3) is 5.56 Å². The van der Waals surface area contributed by atoms with Crippen molar-refractivity contribution in [3.05, 3.63) is 81.6 Å². The molecule has 0 radical (unpaired) electrons. The van der Waals surface area contributed by atoms with E-state index in [-0.39, 0.29) is 11.0 Å². The second-order valence-corrected chi connectivity index (χ2v) is 12.0. The average molecular weight is 499 g/mol. The zero-order valence-corrected chi connectivity index (χ0v) is 22.1. The van der Waals surface area contributed by atoms with Crippen LogP contribution in [-0.4, -0.2) is 24.9 Å². The summed E-state index contributed by atoms with van der Waals surface area (Å²) in [4.78, 5) is 14.5. The summed E-state index contributed by atoms with van der Waals surface area (Å²) >= 11 is 1.76. The highest BCUT2D eigenvalue weighted by atomic mass is 32.2. The lowest BCUT2D eigenvalue weighted by Gasteiger charge is -2.42. The highest BCUT2D eigenvalue weighted by Gasteiger charge is 2.44. The van der Waals surface area contributed by atoms with Crippen molar-refractivity contribution >= 4 is 17.5 Å². The monoisotopic (exact) mass is 498 g/mol. The number of fused-ring (bicyclic) bond motifs is 6. The third kappa shape index (κ3) is 4.00. The van der Waals surface area contributed by atoms with Gasteiger partial charge in [-0.25, -0.2) is 0 Å². The number of hydrogen-bond donors (Lipinski definition) is 0. The third-order valence-corrected chi connectivity index (χ3v) is 8.99. The molecule has 1 fully saturated rings. The summed E-state index contributed by atoms with van der Waals surface area (Å²) in [6.45, 7) is 5.01. The van der Waals surface area contributed by atoms with Crippen molar-refractivity contribution in [3.8, 4) is 11.3 Å². The quantitative estimate of drug-likeness (QED) is 0.285. The maximum atomic E-state index is 14.5. The van der Waals surface area contributed by atoms with Crippen LogP contribution in [0.4, 0.5) is 0 Å². The molecule has 6 heteroatoms. The zero-order chi connectivity index (χ0) is 24.7. The Balaban J connectivity index is 1.64. The fourth-order valence-corrected chi connectivity index (χ4v) is 7.38. The molecule has 2 aliphatic carbocycles. The smallest absolute Gasteiger partial charge is 0.259 e. The van der Waals surface area contributed by atoms with Crippen molar-refractivity contribution < 1.29 is 0 Å². The number of nitrogens with zero attached hydrogens (tertiary/aromatic N) is 4. The van der Waals surface area contributed by atoms with E-state index in [1.807, 2.05) is 22.8 Å². The Labute approximate surface area is 217 Å². The summed E-state index contributed by atoms with van der Waals surface area (Å²) in [5, 5.41) is 10.2. The fourth-order valence-electron chi connectivity index (χ4n) is 6.21. The van der Waals surface area contributed by atoms with Gasteiger partial charge in [0.1, 0.15) is 0 Å². The summed E-state index contributed by atoms with van der Waals surface area (Å²) in [6, 6.07) is 18.9. The predicted molar refractivity (Wildman–Crippen MR) is 147 cm³/mol. The van der Waals surface area contributed by atoms with Crippen LogP contribution in [-0.2, 0) is 18.4 Å². The highest BCUT2D eigenvalue weighted by Crippen LogP contribution is 2.49. The summed E-state index contributed by atoms with van der Waals surface area (Å²) in [6.07, 6.45) is 7.80. The molecular formula is C30H34N4OS. The second kappa shape index (κ2) is 9.55. The van der Waals surface area contributed by atoms with Gasteiger partial charge in [-0.3, -0.25) is 13.8 Å². The summed E-state index contributed by atoms with van der Waals surface area (Å²) in [5.41, 5.74) is 5.66. The minimum Gasteiger partial charge on any atom is -0.272 e. The molecule has 0 amide bonds. The molecule has 2 aromatic heterocycles. The Morgan fingerprint density at radius 3 is 2.50 bits per heavy atom. The molecule has 0 atom stereocenters. The number of hydrogen-bond acceptors (Lipinski definition) is 4. The van der Waals surface area contributed by atoms with Gasteiger partial charge in [-0.15, -0.1) is 10.2 Å². The van der Waals surface area contributed by atoms with E-state index in [0.717, 1.165) is 53.4 Å². The van der Waals surface area contributed by atoms with Gasteiger partial charge in [-0.1, -0.05) is 99.5 Å². The van der Waals surface area contributed by atoms with Crippen molar-refractivity contribution in [3.63, 3.8) is 0 Å². The molecule has 0 unspecified atom stereocenters. The lowest BCUT2D eigenvalue weighted by molar-refractivity contribution is 0.283. The van der Waals surface area contributed by atoms with Gasteiger partial charge in [0.15, 0.2) is 5.16 Å². The minimum atomic E-state index is -0.115. The van der Waals surface area contributed by atoms with Crippen LogP contribution in [0.15, 0.2) is 64.5 Å². The van der Waals surface area contributed by atoms with Crippen LogP contribution in [0, 0.1) is 5.92 Å². The molecule has 0 N–H and O–H groups in total. The number of thioether (sulfide) groups is 1. The molecule has 5 nitrogen and oxygen atoms in total. The normalized spacial score (nSPS) is 16.4. The Morgan fingerprint density at radius 2 is 1.72 bits per heavy atom. The molecule has 2 aromatic carbocycles. The molecule has 2 heterocycles. The Morgan fingerprint density at radius 1 is 0.972 bits per heavy atom. The van der Waals surface area contributed by atoms with Crippen LogP contribution in [0.3, 0.4) is 0 Å². The fraction of sp³-hybridized carbons (Fsp3) is 0.433. The van der Waals surface area contributed by atoms with Crippen molar-refractivity contribution in [2.45, 2.75) is 75.9 Å². The van der Waals surface area contributed by atoms with Gasteiger partial charge in [0, 0.05) is 22.3 Å². The zero-order valence-electron chi connectivity index (χ0n) is 21.2. The molecule has 1 saturated carbocycles. The van der Waals surface area contributed by atoms with Crippen LogP contribution in [0.1, 0.15) is 69.1 Å². The predicted octanol–water partition coefficient (Wildman–Crippen LogP) is 6.50. The molecular weight excluding hydrogens is 464 g/mol. The van der Waals surface area contributed by atoms with Gasteiger partial charge in [-0.2, -0.15) is 0 Å². The maximum absolute atomic E-state index is 14.5. The average Bonchev–Trinajstić information content (AvgIpc) is 3.30. The standard InChI is InChI=1S/C30H34N4OS/c1-21(2)15-18-36-29-32-31-28-33(20-22-11-5-3-6-12-22)27(35)25-26(34(28)29)24-14-8-7-13-23(24)19-30(25)16-9-4-10-17-30/h3,5-8,11-14,21H,4,9-10,15-20H2,1-2H3.